The van der Waals surface area contributed by atoms with Gasteiger partial charge in [-0.15, -0.1) is 10.2 Å². The van der Waals surface area contributed by atoms with Gasteiger partial charge in [-0.25, -0.2) is 0 Å². The molecule has 2 aliphatic rings. The molecule has 166 valence electrons. The predicted molar refractivity (Wildman–Crippen MR) is 128 cm³/mol. The van der Waals surface area contributed by atoms with Crippen molar-refractivity contribution in [1.29, 1.82) is 5.26 Å². The summed E-state index contributed by atoms with van der Waals surface area (Å²) in [5.41, 5.74) is 2.67. The number of benzene rings is 2. The molecule has 6 nitrogen and oxygen atoms in total. The molecule has 2 aromatic carbocycles. The molecule has 1 N–H and O–H groups in total. The van der Waals surface area contributed by atoms with E-state index in [1.54, 1.807) is 11.8 Å². The van der Waals surface area contributed by atoms with Crippen LogP contribution in [0.2, 0.25) is 0 Å². The lowest BCUT2D eigenvalue weighted by atomic mass is 9.75. The first-order valence-electron chi connectivity index (χ1n) is 11.5. The molecule has 0 bridgehead atoms. The van der Waals surface area contributed by atoms with Gasteiger partial charge in [0.05, 0.1) is 23.0 Å². The molecule has 0 aliphatic carbocycles. The zero-order valence-corrected chi connectivity index (χ0v) is 19.1. The van der Waals surface area contributed by atoms with Crippen LogP contribution < -0.4 is 5.32 Å². The van der Waals surface area contributed by atoms with E-state index in [0.29, 0.717) is 13.2 Å². The molecular formula is C26H25N5OS. The molecule has 1 atom stereocenters. The Balaban J connectivity index is 1.33. The van der Waals surface area contributed by atoms with E-state index < -0.39 is 5.41 Å². The van der Waals surface area contributed by atoms with Crippen molar-refractivity contribution in [2.24, 2.45) is 0 Å². The molecule has 2 saturated heterocycles. The monoisotopic (exact) mass is 455 g/mol. The number of nitrogens with one attached hydrogen (secondary N) is 1. The first kappa shape index (κ1) is 20.7. The molecular weight excluding hydrogens is 430 g/mol. The summed E-state index contributed by atoms with van der Waals surface area (Å²) >= 11 is 1.73. The molecule has 0 amide bonds. The number of rotatable bonds is 4. The Labute approximate surface area is 197 Å². The van der Waals surface area contributed by atoms with Crippen LogP contribution in [0.3, 0.4) is 0 Å². The minimum absolute atomic E-state index is 0.264. The van der Waals surface area contributed by atoms with Gasteiger partial charge in [0.2, 0.25) is 0 Å². The van der Waals surface area contributed by atoms with Gasteiger partial charge in [-0.05, 0) is 85.6 Å². The summed E-state index contributed by atoms with van der Waals surface area (Å²) in [7, 11) is 0. The number of nitrogens with zero attached hydrogens (tertiary/aromatic N) is 4. The third-order valence-electron chi connectivity index (χ3n) is 6.92. The molecule has 7 heteroatoms. The van der Waals surface area contributed by atoms with Crippen LogP contribution in [0.4, 0.5) is 0 Å². The second kappa shape index (κ2) is 8.45. The Morgan fingerprint density at radius 1 is 1.06 bits per heavy atom. The maximum Gasteiger partial charge on any atom is 0.161 e. The van der Waals surface area contributed by atoms with Crippen molar-refractivity contribution in [3.63, 3.8) is 0 Å². The van der Waals surface area contributed by atoms with E-state index >= 15 is 0 Å². The molecule has 2 aromatic heterocycles. The van der Waals surface area contributed by atoms with Crippen LogP contribution >= 0.6 is 11.8 Å². The van der Waals surface area contributed by atoms with Crippen LogP contribution in [0.5, 0.6) is 0 Å². The van der Waals surface area contributed by atoms with E-state index in [0.717, 1.165) is 53.3 Å². The van der Waals surface area contributed by atoms with Crippen LogP contribution in [0, 0.1) is 11.3 Å². The van der Waals surface area contributed by atoms with Crippen LogP contribution in [-0.4, -0.2) is 34.4 Å². The highest BCUT2D eigenvalue weighted by Crippen LogP contribution is 2.38. The Hall–Kier alpha value is -2.92. The summed E-state index contributed by atoms with van der Waals surface area (Å²) in [6.45, 7) is 2.32. The van der Waals surface area contributed by atoms with Crippen molar-refractivity contribution in [3.8, 4) is 6.07 Å². The lowest BCUT2D eigenvalue weighted by Crippen LogP contribution is -2.32. The number of pyridine rings is 1. The Kier molecular flexibility index (Phi) is 5.30. The molecule has 2 fully saturated rings. The number of ether oxygens (including phenoxy) is 1. The van der Waals surface area contributed by atoms with Gasteiger partial charge in [-0.3, -0.25) is 4.40 Å². The van der Waals surface area contributed by atoms with Gasteiger partial charge < -0.3 is 10.1 Å². The second-order valence-electron chi connectivity index (χ2n) is 8.89. The zero-order valence-electron chi connectivity index (χ0n) is 18.3. The zero-order chi connectivity index (χ0) is 22.3. The Morgan fingerprint density at radius 2 is 1.94 bits per heavy atom. The summed E-state index contributed by atoms with van der Waals surface area (Å²) in [6, 6.07) is 22.0. The lowest BCUT2D eigenvalue weighted by Gasteiger charge is -2.31. The van der Waals surface area contributed by atoms with Gasteiger partial charge in [0.25, 0.3) is 0 Å². The van der Waals surface area contributed by atoms with Crippen LogP contribution in [-0.2, 0) is 10.2 Å². The van der Waals surface area contributed by atoms with Gasteiger partial charge in [-0.2, -0.15) is 5.26 Å². The van der Waals surface area contributed by atoms with Crippen molar-refractivity contribution in [1.82, 2.24) is 19.9 Å². The fraction of sp³-hybridized carbons (Fsp3) is 0.346. The molecule has 2 aliphatic heterocycles. The summed E-state index contributed by atoms with van der Waals surface area (Å²) in [6.07, 6.45) is 3.77. The van der Waals surface area contributed by atoms with E-state index in [4.69, 9.17) is 4.74 Å². The summed E-state index contributed by atoms with van der Waals surface area (Å²) in [5.74, 6) is 1.000. The smallest absolute Gasteiger partial charge is 0.161 e. The largest absolute Gasteiger partial charge is 0.381 e. The first-order valence-corrected chi connectivity index (χ1v) is 12.4. The minimum atomic E-state index is -0.442. The van der Waals surface area contributed by atoms with Gasteiger partial charge >= 0.3 is 0 Å². The minimum Gasteiger partial charge on any atom is -0.381 e. The molecule has 0 radical (unpaired) electrons. The second-order valence-corrected chi connectivity index (χ2v) is 10.0. The molecule has 0 saturated carbocycles. The average molecular weight is 456 g/mol. The molecule has 0 unspecified atom stereocenters. The number of fused-ring (bicyclic) bond motifs is 3. The number of hydrogen-bond acceptors (Lipinski definition) is 6. The number of aromatic nitrogens is 3. The fourth-order valence-electron chi connectivity index (χ4n) is 5.07. The standard InChI is InChI=1S/C26H25N5OS/c27-17-26(10-13-32-14-11-26)19-3-1-4-20(16-19)33-21-7-8-23-18(15-21)6-9-24-29-30-25(31(23)24)22-5-2-12-28-22/h1,3-4,6-9,15-16,22,28H,2,5,10-14H2/t22-/m1/s1. The number of hydrogen-bond donors (Lipinski definition) is 1. The molecule has 33 heavy (non-hydrogen) atoms. The van der Waals surface area contributed by atoms with E-state index in [1.165, 1.54) is 16.7 Å². The van der Waals surface area contributed by atoms with Gasteiger partial charge in [0, 0.05) is 23.0 Å². The maximum atomic E-state index is 9.93. The SMILES string of the molecule is N#CC1(c2cccc(Sc3ccc4c(ccc5nnc([C@H]6CCCN6)n54)c3)c2)CCOCC1. The topological polar surface area (TPSA) is 75.2 Å². The van der Waals surface area contributed by atoms with E-state index in [9.17, 15) is 5.26 Å². The van der Waals surface area contributed by atoms with Crippen LogP contribution in [0.15, 0.2) is 64.4 Å². The van der Waals surface area contributed by atoms with E-state index in [1.807, 2.05) is 6.07 Å². The highest BCUT2D eigenvalue weighted by atomic mass is 32.2. The molecule has 0 spiro atoms. The lowest BCUT2D eigenvalue weighted by molar-refractivity contribution is 0.0675. The van der Waals surface area contributed by atoms with Crippen molar-refractivity contribution in [3.05, 3.63) is 66.0 Å². The third-order valence-corrected chi connectivity index (χ3v) is 7.90. The average Bonchev–Trinajstić information content (AvgIpc) is 3.54. The fourth-order valence-corrected chi connectivity index (χ4v) is 6.00. The van der Waals surface area contributed by atoms with E-state index in [-0.39, 0.29) is 6.04 Å². The van der Waals surface area contributed by atoms with Crippen LogP contribution in [0.25, 0.3) is 16.6 Å². The summed E-state index contributed by atoms with van der Waals surface area (Å²) < 4.78 is 7.70. The van der Waals surface area contributed by atoms with Gasteiger partial charge in [-0.1, -0.05) is 23.9 Å². The van der Waals surface area contributed by atoms with Gasteiger partial charge in [0.1, 0.15) is 0 Å². The van der Waals surface area contributed by atoms with Crippen molar-refractivity contribution >= 4 is 28.3 Å². The Morgan fingerprint density at radius 3 is 2.76 bits per heavy atom. The van der Waals surface area contributed by atoms with Crippen molar-refractivity contribution in [2.45, 2.75) is 46.9 Å². The number of nitriles is 1. The highest BCUT2D eigenvalue weighted by Gasteiger charge is 2.34. The predicted octanol–water partition coefficient (Wildman–Crippen LogP) is 5.03. The molecule has 6 rings (SSSR count). The van der Waals surface area contributed by atoms with Crippen LogP contribution in [0.1, 0.15) is 43.1 Å². The molecule has 4 aromatic rings. The van der Waals surface area contributed by atoms with E-state index in [2.05, 4.69) is 74.5 Å². The maximum absolute atomic E-state index is 9.93. The summed E-state index contributed by atoms with van der Waals surface area (Å²) in [4.78, 5) is 2.32. The highest BCUT2D eigenvalue weighted by molar-refractivity contribution is 7.99. The quantitative estimate of drug-likeness (QED) is 0.465. The summed E-state index contributed by atoms with van der Waals surface area (Å²) in [5, 5.41) is 23.5. The van der Waals surface area contributed by atoms with Crippen molar-refractivity contribution < 1.29 is 4.74 Å². The third kappa shape index (κ3) is 3.68. The Bertz CT molecular complexity index is 1360. The first-order chi connectivity index (χ1) is 16.3. The normalized spacial score (nSPS) is 20.3. The van der Waals surface area contributed by atoms with Crippen molar-refractivity contribution in [2.75, 3.05) is 19.8 Å². The van der Waals surface area contributed by atoms with Gasteiger partial charge in [0.15, 0.2) is 11.5 Å². The molecule has 4 heterocycles.